The van der Waals surface area contributed by atoms with Crippen molar-refractivity contribution < 1.29 is 22.3 Å². The molecule has 1 amide bonds. The van der Waals surface area contributed by atoms with Gasteiger partial charge >= 0.3 is 0 Å². The van der Waals surface area contributed by atoms with Crippen molar-refractivity contribution in [1.29, 1.82) is 0 Å². The van der Waals surface area contributed by atoms with E-state index < -0.39 is 10.0 Å². The number of aryl methyl sites for hydroxylation is 1. The van der Waals surface area contributed by atoms with Gasteiger partial charge in [-0.3, -0.25) is 4.79 Å². The summed E-state index contributed by atoms with van der Waals surface area (Å²) in [5, 5.41) is 0. The van der Waals surface area contributed by atoms with Crippen LogP contribution in [0.4, 0.5) is 10.1 Å². The molecule has 0 atom stereocenters. The highest BCUT2D eigenvalue weighted by molar-refractivity contribution is 7.89. The van der Waals surface area contributed by atoms with Crippen molar-refractivity contribution in [3.63, 3.8) is 0 Å². The van der Waals surface area contributed by atoms with E-state index in [0.717, 1.165) is 18.4 Å². The van der Waals surface area contributed by atoms with Crippen LogP contribution in [-0.4, -0.2) is 44.9 Å². The average Bonchev–Trinajstić information content (AvgIpc) is 2.79. The Morgan fingerprint density at radius 1 is 1.10 bits per heavy atom. The monoisotopic (exact) mass is 446 g/mol. The molecule has 2 aliphatic heterocycles. The minimum absolute atomic E-state index is 0.107. The molecule has 31 heavy (non-hydrogen) atoms. The lowest BCUT2D eigenvalue weighted by Crippen LogP contribution is -2.46. The van der Waals surface area contributed by atoms with Crippen LogP contribution >= 0.6 is 0 Å². The summed E-state index contributed by atoms with van der Waals surface area (Å²) in [6.07, 6.45) is 2.41. The van der Waals surface area contributed by atoms with Crippen molar-refractivity contribution in [2.75, 3.05) is 31.1 Å². The summed E-state index contributed by atoms with van der Waals surface area (Å²) in [5.41, 5.74) is 1.25. The first-order valence-corrected chi connectivity index (χ1v) is 12.2. The predicted molar refractivity (Wildman–Crippen MR) is 116 cm³/mol. The van der Waals surface area contributed by atoms with Crippen LogP contribution in [0.25, 0.3) is 0 Å². The minimum Gasteiger partial charge on any atom is -0.494 e. The highest BCUT2D eigenvalue weighted by atomic mass is 32.2. The van der Waals surface area contributed by atoms with Crippen molar-refractivity contribution in [3.8, 4) is 5.75 Å². The number of anilines is 1. The second-order valence-corrected chi connectivity index (χ2v) is 9.86. The molecule has 0 aromatic heterocycles. The number of hydrogen-bond donors (Lipinski definition) is 0. The number of sulfonamides is 1. The summed E-state index contributed by atoms with van der Waals surface area (Å²) in [6.45, 7) is 3.41. The topological polar surface area (TPSA) is 66.9 Å². The summed E-state index contributed by atoms with van der Waals surface area (Å²) in [5.74, 6) is -0.164. The first kappa shape index (κ1) is 21.8. The fourth-order valence-corrected chi connectivity index (χ4v) is 5.88. The van der Waals surface area contributed by atoms with Crippen LogP contribution in [0.1, 0.15) is 31.7 Å². The Kier molecular flexibility index (Phi) is 6.29. The Bertz CT molecular complexity index is 1050. The van der Waals surface area contributed by atoms with Gasteiger partial charge in [0.1, 0.15) is 11.6 Å². The molecule has 0 bridgehead atoms. The van der Waals surface area contributed by atoms with Crippen molar-refractivity contribution in [1.82, 2.24) is 4.31 Å². The van der Waals surface area contributed by atoms with Gasteiger partial charge in [-0.05, 0) is 68.5 Å². The normalized spacial score (nSPS) is 17.9. The first-order valence-electron chi connectivity index (χ1n) is 10.7. The summed E-state index contributed by atoms with van der Waals surface area (Å²) >= 11 is 0. The van der Waals surface area contributed by atoms with E-state index in [0.29, 0.717) is 37.4 Å². The number of hydrogen-bond acceptors (Lipinski definition) is 4. The first-order chi connectivity index (χ1) is 14.9. The second kappa shape index (κ2) is 8.96. The van der Waals surface area contributed by atoms with Gasteiger partial charge in [0.15, 0.2) is 0 Å². The number of para-hydroxylation sites is 1. The Balaban J connectivity index is 1.44. The highest BCUT2D eigenvalue weighted by Crippen LogP contribution is 2.33. The van der Waals surface area contributed by atoms with Gasteiger partial charge in [0.25, 0.3) is 0 Å². The van der Waals surface area contributed by atoms with Crippen molar-refractivity contribution in [2.24, 2.45) is 5.92 Å². The summed E-state index contributed by atoms with van der Waals surface area (Å²) in [7, 11) is -3.63. The summed E-state index contributed by atoms with van der Waals surface area (Å²) < 4.78 is 47.2. The van der Waals surface area contributed by atoms with Crippen LogP contribution in [0.2, 0.25) is 0 Å². The third-order valence-electron chi connectivity index (χ3n) is 6.01. The SMILES string of the molecule is CCOc1ccc(S(=O)(=O)N2CCC(C(=O)N3CCCc4cccc(F)c43)CC2)cc1. The van der Waals surface area contributed by atoms with E-state index in [1.54, 1.807) is 35.2 Å². The molecule has 0 unspecified atom stereocenters. The molecule has 2 aliphatic rings. The molecule has 4 rings (SSSR count). The van der Waals surface area contributed by atoms with E-state index >= 15 is 0 Å². The molecule has 2 heterocycles. The van der Waals surface area contributed by atoms with Gasteiger partial charge in [0.05, 0.1) is 17.2 Å². The van der Waals surface area contributed by atoms with Gasteiger partial charge in [0.2, 0.25) is 15.9 Å². The van der Waals surface area contributed by atoms with Gasteiger partial charge in [-0.15, -0.1) is 0 Å². The molecule has 166 valence electrons. The number of piperidine rings is 1. The molecule has 0 spiro atoms. The van der Waals surface area contributed by atoms with E-state index in [2.05, 4.69) is 0 Å². The standard InChI is InChI=1S/C23H27FN2O4S/c1-2-30-19-8-10-20(11-9-19)31(28,29)25-15-12-18(13-16-25)23(27)26-14-4-6-17-5-3-7-21(24)22(17)26/h3,5,7-11,18H,2,4,6,12-16H2,1H3. The van der Waals surface area contributed by atoms with Gasteiger partial charge in [-0.1, -0.05) is 12.1 Å². The lowest BCUT2D eigenvalue weighted by molar-refractivity contribution is -0.123. The quantitative estimate of drug-likeness (QED) is 0.704. The third-order valence-corrected chi connectivity index (χ3v) is 7.92. The zero-order chi connectivity index (χ0) is 22.0. The van der Waals surface area contributed by atoms with Gasteiger partial charge in [-0.25, -0.2) is 12.8 Å². The van der Waals surface area contributed by atoms with Gasteiger partial charge < -0.3 is 9.64 Å². The summed E-state index contributed by atoms with van der Waals surface area (Å²) in [6, 6.07) is 11.3. The van der Waals surface area contributed by atoms with Gasteiger partial charge in [0, 0.05) is 25.6 Å². The number of rotatable bonds is 5. The van der Waals surface area contributed by atoms with Crippen LogP contribution in [0.15, 0.2) is 47.4 Å². The second-order valence-electron chi connectivity index (χ2n) is 7.92. The number of carbonyl (C=O) groups is 1. The zero-order valence-corrected chi connectivity index (χ0v) is 18.4. The largest absolute Gasteiger partial charge is 0.494 e. The smallest absolute Gasteiger partial charge is 0.243 e. The maximum absolute atomic E-state index is 14.4. The molecule has 1 saturated heterocycles. The Labute approximate surface area is 182 Å². The maximum atomic E-state index is 14.4. The molecule has 0 saturated carbocycles. The van der Waals surface area contributed by atoms with Crippen LogP contribution in [0.3, 0.4) is 0 Å². The molecule has 0 aliphatic carbocycles. The van der Waals surface area contributed by atoms with E-state index in [9.17, 15) is 17.6 Å². The molecule has 1 fully saturated rings. The number of fused-ring (bicyclic) bond motifs is 1. The van der Waals surface area contributed by atoms with Crippen LogP contribution < -0.4 is 9.64 Å². The minimum atomic E-state index is -3.63. The lowest BCUT2D eigenvalue weighted by Gasteiger charge is -2.36. The Morgan fingerprint density at radius 3 is 2.48 bits per heavy atom. The van der Waals surface area contributed by atoms with Crippen LogP contribution in [-0.2, 0) is 21.2 Å². The van der Waals surface area contributed by atoms with Crippen molar-refractivity contribution in [2.45, 2.75) is 37.5 Å². The van der Waals surface area contributed by atoms with E-state index in [1.807, 2.05) is 13.0 Å². The van der Waals surface area contributed by atoms with Gasteiger partial charge in [-0.2, -0.15) is 4.31 Å². The molecular weight excluding hydrogens is 419 g/mol. The maximum Gasteiger partial charge on any atom is 0.243 e. The highest BCUT2D eigenvalue weighted by Gasteiger charge is 2.36. The molecule has 0 radical (unpaired) electrons. The van der Waals surface area contributed by atoms with E-state index in [1.165, 1.54) is 10.4 Å². The van der Waals surface area contributed by atoms with Crippen LogP contribution in [0, 0.1) is 11.7 Å². The fraction of sp³-hybridized carbons (Fsp3) is 0.435. The molecular formula is C23H27FN2O4S. The molecule has 8 heteroatoms. The molecule has 2 aromatic carbocycles. The number of benzene rings is 2. The average molecular weight is 447 g/mol. The Morgan fingerprint density at radius 2 is 1.81 bits per heavy atom. The summed E-state index contributed by atoms with van der Waals surface area (Å²) in [4.78, 5) is 15.0. The third kappa shape index (κ3) is 4.32. The van der Waals surface area contributed by atoms with E-state index in [4.69, 9.17) is 4.74 Å². The lowest BCUT2D eigenvalue weighted by atomic mass is 9.94. The predicted octanol–water partition coefficient (Wildman–Crippen LogP) is 3.60. The Hall–Kier alpha value is -2.45. The van der Waals surface area contributed by atoms with Crippen molar-refractivity contribution >= 4 is 21.6 Å². The van der Waals surface area contributed by atoms with E-state index in [-0.39, 0.29) is 35.6 Å². The van der Waals surface area contributed by atoms with Crippen molar-refractivity contribution in [3.05, 3.63) is 53.8 Å². The fourth-order valence-electron chi connectivity index (χ4n) is 4.41. The van der Waals surface area contributed by atoms with Crippen LogP contribution in [0.5, 0.6) is 5.75 Å². The number of amides is 1. The number of halogens is 1. The number of nitrogens with zero attached hydrogens (tertiary/aromatic N) is 2. The molecule has 0 N–H and O–H groups in total. The number of ether oxygens (including phenoxy) is 1. The number of carbonyl (C=O) groups excluding carboxylic acids is 1. The molecule has 2 aromatic rings. The molecule has 6 nitrogen and oxygen atoms in total. The zero-order valence-electron chi connectivity index (χ0n) is 17.6.